The maximum atomic E-state index is 14.1. The number of thiazole rings is 1. The standard InChI is InChI=1S/C22H17F2N3O2S/c1-14-5-4-7-17(9-14)29-13-20(28)27(12-16-6-2-3-8-25-16)22-26-21-18(24)10-15(23)11-19(21)30-22/h2-11H,12-13H2,1H3. The number of nitrogens with zero attached hydrogens (tertiary/aromatic N) is 3. The van der Waals surface area contributed by atoms with E-state index in [9.17, 15) is 13.6 Å². The molecule has 8 heteroatoms. The number of anilines is 1. The van der Waals surface area contributed by atoms with E-state index in [0.717, 1.165) is 23.0 Å². The molecule has 2 aromatic carbocycles. The summed E-state index contributed by atoms with van der Waals surface area (Å²) in [5.41, 5.74) is 1.66. The molecular weight excluding hydrogens is 408 g/mol. The van der Waals surface area contributed by atoms with Crippen molar-refractivity contribution in [3.8, 4) is 5.75 Å². The van der Waals surface area contributed by atoms with Gasteiger partial charge in [0.15, 0.2) is 17.6 Å². The van der Waals surface area contributed by atoms with Gasteiger partial charge >= 0.3 is 0 Å². The molecule has 0 atom stereocenters. The Hall–Kier alpha value is -3.39. The number of benzene rings is 2. The SMILES string of the molecule is Cc1cccc(OCC(=O)N(Cc2ccccn2)c2nc3c(F)cc(F)cc3s2)c1. The molecular formula is C22H17F2N3O2S. The third-order valence-corrected chi connectivity index (χ3v) is 5.36. The Balaban J connectivity index is 1.64. The van der Waals surface area contributed by atoms with Crippen LogP contribution in [0.5, 0.6) is 5.75 Å². The van der Waals surface area contributed by atoms with E-state index < -0.39 is 11.6 Å². The number of fused-ring (bicyclic) bond motifs is 1. The molecule has 0 radical (unpaired) electrons. The van der Waals surface area contributed by atoms with Gasteiger partial charge in [0.2, 0.25) is 0 Å². The van der Waals surface area contributed by atoms with Gasteiger partial charge in [-0.05, 0) is 42.8 Å². The molecule has 0 spiro atoms. The second kappa shape index (κ2) is 8.54. The molecule has 4 rings (SSSR count). The third kappa shape index (κ3) is 4.44. The van der Waals surface area contributed by atoms with Crippen LogP contribution in [0.25, 0.3) is 10.2 Å². The lowest BCUT2D eigenvalue weighted by Crippen LogP contribution is -2.34. The molecule has 2 heterocycles. The van der Waals surface area contributed by atoms with Crippen molar-refractivity contribution in [3.05, 3.63) is 83.7 Å². The fourth-order valence-corrected chi connectivity index (χ4v) is 3.93. The van der Waals surface area contributed by atoms with Crippen LogP contribution >= 0.6 is 11.3 Å². The van der Waals surface area contributed by atoms with Gasteiger partial charge in [-0.25, -0.2) is 13.8 Å². The lowest BCUT2D eigenvalue weighted by molar-refractivity contribution is -0.120. The van der Waals surface area contributed by atoms with E-state index in [4.69, 9.17) is 4.74 Å². The molecule has 0 bridgehead atoms. The van der Waals surface area contributed by atoms with Crippen molar-refractivity contribution in [2.45, 2.75) is 13.5 Å². The number of aryl methyl sites for hydroxylation is 1. The van der Waals surface area contributed by atoms with Gasteiger partial charge in [-0.15, -0.1) is 0 Å². The van der Waals surface area contributed by atoms with Crippen LogP contribution in [0.3, 0.4) is 0 Å². The fraction of sp³-hybridized carbons (Fsp3) is 0.136. The largest absolute Gasteiger partial charge is 0.484 e. The van der Waals surface area contributed by atoms with Gasteiger partial charge in [-0.2, -0.15) is 0 Å². The normalized spacial score (nSPS) is 10.9. The summed E-state index contributed by atoms with van der Waals surface area (Å²) in [4.78, 5) is 22.9. The molecule has 0 aliphatic rings. The zero-order chi connectivity index (χ0) is 21.1. The molecule has 0 N–H and O–H groups in total. The van der Waals surface area contributed by atoms with E-state index in [1.165, 1.54) is 11.0 Å². The first-order valence-electron chi connectivity index (χ1n) is 9.15. The molecule has 0 saturated carbocycles. The molecule has 30 heavy (non-hydrogen) atoms. The van der Waals surface area contributed by atoms with E-state index in [1.54, 1.807) is 24.4 Å². The maximum Gasteiger partial charge on any atom is 0.267 e. The number of ether oxygens (including phenoxy) is 1. The molecule has 152 valence electrons. The molecule has 0 unspecified atom stereocenters. The highest BCUT2D eigenvalue weighted by molar-refractivity contribution is 7.22. The van der Waals surface area contributed by atoms with Crippen molar-refractivity contribution in [1.82, 2.24) is 9.97 Å². The summed E-state index contributed by atoms with van der Waals surface area (Å²) in [6.45, 7) is 1.82. The smallest absolute Gasteiger partial charge is 0.267 e. The van der Waals surface area contributed by atoms with E-state index in [2.05, 4.69) is 9.97 Å². The summed E-state index contributed by atoms with van der Waals surface area (Å²) in [5, 5.41) is 0.248. The maximum absolute atomic E-state index is 14.1. The van der Waals surface area contributed by atoms with Crippen LogP contribution in [-0.2, 0) is 11.3 Å². The number of halogens is 2. The molecule has 5 nitrogen and oxygen atoms in total. The van der Waals surface area contributed by atoms with E-state index >= 15 is 0 Å². The van der Waals surface area contributed by atoms with Gasteiger partial charge in [0, 0.05) is 12.3 Å². The molecule has 1 amide bonds. The van der Waals surface area contributed by atoms with Crippen LogP contribution in [0.4, 0.5) is 13.9 Å². The van der Waals surface area contributed by atoms with Gasteiger partial charge in [0.05, 0.1) is 16.9 Å². The molecule has 2 aromatic heterocycles. The fourth-order valence-electron chi connectivity index (χ4n) is 2.91. The highest BCUT2D eigenvalue weighted by Gasteiger charge is 2.22. The first-order valence-corrected chi connectivity index (χ1v) is 9.96. The van der Waals surface area contributed by atoms with E-state index in [0.29, 0.717) is 16.1 Å². The summed E-state index contributed by atoms with van der Waals surface area (Å²) in [6, 6.07) is 14.7. The zero-order valence-corrected chi connectivity index (χ0v) is 16.8. The Labute approximate surface area is 175 Å². The number of aromatic nitrogens is 2. The quantitative estimate of drug-likeness (QED) is 0.441. The number of carbonyl (C=O) groups is 1. The lowest BCUT2D eigenvalue weighted by atomic mass is 10.2. The van der Waals surface area contributed by atoms with Gasteiger partial charge in [-0.3, -0.25) is 14.7 Å². The number of amides is 1. The van der Waals surface area contributed by atoms with Crippen molar-refractivity contribution in [2.24, 2.45) is 0 Å². The van der Waals surface area contributed by atoms with Crippen LogP contribution in [0.1, 0.15) is 11.3 Å². The van der Waals surface area contributed by atoms with Crippen molar-refractivity contribution in [2.75, 3.05) is 11.5 Å². The average molecular weight is 425 g/mol. The minimum atomic E-state index is -0.770. The highest BCUT2D eigenvalue weighted by Crippen LogP contribution is 2.32. The second-order valence-electron chi connectivity index (χ2n) is 6.64. The van der Waals surface area contributed by atoms with E-state index in [1.807, 2.05) is 31.2 Å². The van der Waals surface area contributed by atoms with Crippen LogP contribution in [0, 0.1) is 18.6 Å². The lowest BCUT2D eigenvalue weighted by Gasteiger charge is -2.19. The van der Waals surface area contributed by atoms with E-state index in [-0.39, 0.29) is 29.7 Å². The molecule has 4 aromatic rings. The van der Waals surface area contributed by atoms with Crippen LogP contribution in [0.15, 0.2) is 60.8 Å². The summed E-state index contributed by atoms with van der Waals surface area (Å²) < 4.78 is 33.7. The minimum Gasteiger partial charge on any atom is -0.484 e. The number of rotatable bonds is 6. The molecule has 0 fully saturated rings. The third-order valence-electron chi connectivity index (χ3n) is 4.33. The van der Waals surface area contributed by atoms with Crippen molar-refractivity contribution >= 4 is 32.6 Å². The monoisotopic (exact) mass is 425 g/mol. The van der Waals surface area contributed by atoms with Crippen molar-refractivity contribution in [3.63, 3.8) is 0 Å². The number of carbonyl (C=O) groups excluding carboxylic acids is 1. The molecule has 0 aliphatic heterocycles. The predicted molar refractivity (Wildman–Crippen MR) is 112 cm³/mol. The topological polar surface area (TPSA) is 55.3 Å². The predicted octanol–water partition coefficient (Wildman–Crippen LogP) is 4.89. The Bertz CT molecular complexity index is 1200. The van der Waals surface area contributed by atoms with Crippen LogP contribution in [-0.4, -0.2) is 22.5 Å². The van der Waals surface area contributed by atoms with Gasteiger partial charge in [0.1, 0.15) is 17.1 Å². The zero-order valence-electron chi connectivity index (χ0n) is 16.0. The number of hydrogen-bond donors (Lipinski definition) is 0. The molecule has 0 saturated heterocycles. The summed E-state index contributed by atoms with van der Waals surface area (Å²) in [5.74, 6) is -1.27. The summed E-state index contributed by atoms with van der Waals surface area (Å²) in [6.07, 6.45) is 1.62. The summed E-state index contributed by atoms with van der Waals surface area (Å²) >= 11 is 1.04. The Morgan fingerprint density at radius 1 is 1.13 bits per heavy atom. The van der Waals surface area contributed by atoms with Crippen LogP contribution in [0.2, 0.25) is 0 Å². The van der Waals surface area contributed by atoms with Crippen LogP contribution < -0.4 is 9.64 Å². The number of pyridine rings is 1. The number of hydrogen-bond acceptors (Lipinski definition) is 5. The summed E-state index contributed by atoms with van der Waals surface area (Å²) in [7, 11) is 0. The van der Waals surface area contributed by atoms with Gasteiger partial charge in [-0.1, -0.05) is 29.5 Å². The first kappa shape index (κ1) is 19.9. The Morgan fingerprint density at radius 3 is 2.77 bits per heavy atom. The first-order chi connectivity index (χ1) is 14.5. The van der Waals surface area contributed by atoms with Gasteiger partial charge < -0.3 is 4.74 Å². The van der Waals surface area contributed by atoms with Crippen molar-refractivity contribution in [1.29, 1.82) is 0 Å². The second-order valence-corrected chi connectivity index (χ2v) is 7.65. The average Bonchev–Trinajstić information content (AvgIpc) is 3.15. The Morgan fingerprint density at radius 2 is 2.00 bits per heavy atom. The molecule has 0 aliphatic carbocycles. The van der Waals surface area contributed by atoms with Gasteiger partial charge in [0.25, 0.3) is 5.91 Å². The highest BCUT2D eigenvalue weighted by atomic mass is 32.1. The Kier molecular flexibility index (Phi) is 5.67. The van der Waals surface area contributed by atoms with Crippen molar-refractivity contribution < 1.29 is 18.3 Å². The minimum absolute atomic E-state index is 0.0230.